The third kappa shape index (κ3) is 5.22. The number of benzene rings is 9. The van der Waals surface area contributed by atoms with Gasteiger partial charge in [-0.2, -0.15) is 0 Å². The van der Waals surface area contributed by atoms with Gasteiger partial charge in [-0.15, -0.1) is 0 Å². The van der Waals surface area contributed by atoms with E-state index in [1.807, 2.05) is 18.2 Å². The van der Waals surface area contributed by atoms with Gasteiger partial charge in [0.15, 0.2) is 5.82 Å². The molecule has 0 bridgehead atoms. The largest absolute Gasteiger partial charge is 0.456 e. The molecule has 9 aromatic carbocycles. The van der Waals surface area contributed by atoms with Gasteiger partial charge < -0.3 is 9.32 Å². The molecule has 0 amide bonds. The predicted molar refractivity (Wildman–Crippen MR) is 257 cm³/mol. The van der Waals surface area contributed by atoms with Crippen LogP contribution in [0, 0.1) is 0 Å². The molecule has 0 atom stereocenters. The average Bonchev–Trinajstić information content (AvgIpc) is 3.89. The minimum Gasteiger partial charge on any atom is -0.456 e. The van der Waals surface area contributed by atoms with Gasteiger partial charge in [0.05, 0.1) is 28.2 Å². The van der Waals surface area contributed by atoms with Crippen LogP contribution in [-0.4, -0.2) is 9.97 Å². The maximum absolute atomic E-state index is 6.43. The van der Waals surface area contributed by atoms with Crippen molar-refractivity contribution >= 4 is 39.0 Å². The van der Waals surface area contributed by atoms with Crippen molar-refractivity contribution < 1.29 is 4.42 Å². The summed E-state index contributed by atoms with van der Waals surface area (Å²) in [5.41, 5.74) is 19.0. The minimum absolute atomic E-state index is 0.649. The summed E-state index contributed by atoms with van der Waals surface area (Å²) in [6.45, 7) is 0. The Bertz CT molecular complexity index is 3470. The third-order valence-electron chi connectivity index (χ3n) is 13.1. The zero-order valence-electron chi connectivity index (χ0n) is 34.1. The molecular weight excluding hydrogens is 767 g/mol. The number of aromatic nitrogens is 2. The van der Waals surface area contributed by atoms with E-state index in [0.717, 1.165) is 78.2 Å². The van der Waals surface area contributed by atoms with Crippen LogP contribution < -0.4 is 4.90 Å². The number of rotatable bonds is 5. The van der Waals surface area contributed by atoms with Crippen molar-refractivity contribution in [1.82, 2.24) is 9.97 Å². The molecule has 2 aromatic heterocycles. The molecule has 0 fully saturated rings. The fourth-order valence-electron chi connectivity index (χ4n) is 10.5. The highest BCUT2D eigenvalue weighted by Gasteiger charge is 2.52. The summed E-state index contributed by atoms with van der Waals surface area (Å²) in [5.74, 6) is 0.691. The van der Waals surface area contributed by atoms with Crippen molar-refractivity contribution in [2.75, 3.05) is 4.90 Å². The van der Waals surface area contributed by atoms with Crippen LogP contribution >= 0.6 is 0 Å². The minimum atomic E-state index is -0.649. The lowest BCUT2D eigenvalue weighted by atomic mass is 9.64. The summed E-state index contributed by atoms with van der Waals surface area (Å²) in [5, 5.41) is 2.23. The highest BCUT2D eigenvalue weighted by atomic mass is 16.3. The molecule has 63 heavy (non-hydrogen) atoms. The average molecular weight is 804 g/mol. The fourth-order valence-corrected chi connectivity index (χ4v) is 10.5. The standard InChI is InChI=1S/C59H37N3O/c1-4-18-38(19-5-1)50-37-51(61-58(60-50)39-20-6-2-7-21-39)43-26-16-29-49-56(43)45-36-40(42-25-17-33-55-57(42)44-24-10-15-32-54(44)63-55)34-35-46(45)59(49)47-27-11-13-30-52(47)62(41-22-8-3-9-23-41)53-31-14-12-28-48(53)59/h1-37H. The van der Waals surface area contributed by atoms with Gasteiger partial charge in [0.1, 0.15) is 11.2 Å². The van der Waals surface area contributed by atoms with Crippen molar-refractivity contribution in [1.29, 1.82) is 0 Å². The van der Waals surface area contributed by atoms with Crippen LogP contribution in [0.2, 0.25) is 0 Å². The van der Waals surface area contributed by atoms with Crippen molar-refractivity contribution in [2.24, 2.45) is 0 Å². The zero-order chi connectivity index (χ0) is 41.5. The van der Waals surface area contributed by atoms with Crippen LogP contribution in [-0.2, 0) is 5.41 Å². The Hall–Kier alpha value is -8.34. The van der Waals surface area contributed by atoms with E-state index in [9.17, 15) is 0 Å². The van der Waals surface area contributed by atoms with Gasteiger partial charge in [0.25, 0.3) is 0 Å². The van der Waals surface area contributed by atoms with Gasteiger partial charge in [-0.3, -0.25) is 0 Å². The first-order valence-electron chi connectivity index (χ1n) is 21.5. The van der Waals surface area contributed by atoms with Crippen LogP contribution in [0.3, 0.4) is 0 Å². The number of fused-ring (bicyclic) bond motifs is 12. The first-order valence-corrected chi connectivity index (χ1v) is 21.5. The van der Waals surface area contributed by atoms with Crippen LogP contribution in [0.15, 0.2) is 229 Å². The maximum atomic E-state index is 6.43. The molecule has 0 saturated heterocycles. The maximum Gasteiger partial charge on any atom is 0.160 e. The van der Waals surface area contributed by atoms with Crippen LogP contribution in [0.25, 0.3) is 78.1 Å². The lowest BCUT2D eigenvalue weighted by molar-refractivity contribution is 0.669. The molecule has 11 aromatic rings. The summed E-state index contributed by atoms with van der Waals surface area (Å²) in [7, 11) is 0. The fraction of sp³-hybridized carbons (Fsp3) is 0.0169. The molecule has 13 rings (SSSR count). The first kappa shape index (κ1) is 35.4. The Kier molecular flexibility index (Phi) is 7.79. The number of hydrogen-bond donors (Lipinski definition) is 0. The molecule has 3 heterocycles. The molecule has 1 aliphatic carbocycles. The van der Waals surface area contributed by atoms with Gasteiger partial charge >= 0.3 is 0 Å². The van der Waals surface area contributed by atoms with E-state index in [4.69, 9.17) is 14.4 Å². The molecule has 1 spiro atoms. The van der Waals surface area contributed by atoms with Crippen molar-refractivity contribution in [3.05, 3.63) is 247 Å². The number of nitrogens with zero attached hydrogens (tertiary/aromatic N) is 3. The summed E-state index contributed by atoms with van der Waals surface area (Å²) in [6.07, 6.45) is 0. The quantitative estimate of drug-likeness (QED) is 0.174. The van der Waals surface area contributed by atoms with Crippen LogP contribution in [0.4, 0.5) is 17.1 Å². The summed E-state index contributed by atoms with van der Waals surface area (Å²) in [4.78, 5) is 13.1. The van der Waals surface area contributed by atoms with E-state index < -0.39 is 5.41 Å². The Morgan fingerprint density at radius 3 is 1.73 bits per heavy atom. The van der Waals surface area contributed by atoms with E-state index in [1.54, 1.807) is 0 Å². The van der Waals surface area contributed by atoms with Crippen LogP contribution in [0.1, 0.15) is 22.3 Å². The Morgan fingerprint density at radius 2 is 0.968 bits per heavy atom. The topological polar surface area (TPSA) is 42.2 Å². The van der Waals surface area contributed by atoms with Gasteiger partial charge in [0, 0.05) is 33.2 Å². The monoisotopic (exact) mass is 803 g/mol. The Balaban J connectivity index is 1.14. The highest BCUT2D eigenvalue weighted by Crippen LogP contribution is 2.65. The predicted octanol–water partition coefficient (Wildman–Crippen LogP) is 15.2. The van der Waals surface area contributed by atoms with Crippen molar-refractivity contribution in [3.8, 4) is 56.2 Å². The Morgan fingerprint density at radius 1 is 0.381 bits per heavy atom. The molecule has 4 nitrogen and oxygen atoms in total. The van der Waals surface area contributed by atoms with E-state index in [-0.39, 0.29) is 0 Å². The molecule has 2 aliphatic rings. The molecule has 0 unspecified atom stereocenters. The lowest BCUT2D eigenvalue weighted by Crippen LogP contribution is -2.36. The number of para-hydroxylation sites is 4. The van der Waals surface area contributed by atoms with E-state index >= 15 is 0 Å². The smallest absolute Gasteiger partial charge is 0.160 e. The second-order valence-corrected chi connectivity index (χ2v) is 16.4. The SMILES string of the molecule is c1ccc(-c2cc(-c3cccc4c3-c3cc(-c5cccc6oc7ccccc7c56)ccc3C43c4ccccc4N(c4ccccc4)c4ccccc43)nc(-c3ccccc3)n2)cc1. The number of anilines is 3. The molecule has 0 saturated carbocycles. The van der Waals surface area contributed by atoms with E-state index in [0.29, 0.717) is 5.82 Å². The molecule has 4 heteroatoms. The van der Waals surface area contributed by atoms with Gasteiger partial charge in [-0.05, 0) is 93.0 Å². The molecule has 0 N–H and O–H groups in total. The number of hydrogen-bond acceptors (Lipinski definition) is 4. The highest BCUT2D eigenvalue weighted by molar-refractivity contribution is 6.13. The first-order chi connectivity index (χ1) is 31.3. The molecular formula is C59H37N3O. The molecule has 0 radical (unpaired) electrons. The second kappa shape index (κ2) is 13.8. The number of furan rings is 1. The van der Waals surface area contributed by atoms with Crippen molar-refractivity contribution in [2.45, 2.75) is 5.41 Å². The zero-order valence-corrected chi connectivity index (χ0v) is 34.1. The summed E-state index contributed by atoms with van der Waals surface area (Å²) < 4.78 is 6.43. The van der Waals surface area contributed by atoms with Gasteiger partial charge in [0.2, 0.25) is 0 Å². The van der Waals surface area contributed by atoms with Gasteiger partial charge in [-0.25, -0.2) is 9.97 Å². The second-order valence-electron chi connectivity index (χ2n) is 16.4. The van der Waals surface area contributed by atoms with Crippen molar-refractivity contribution in [3.63, 3.8) is 0 Å². The van der Waals surface area contributed by atoms with Crippen LogP contribution in [0.5, 0.6) is 0 Å². The summed E-state index contributed by atoms with van der Waals surface area (Å²) >= 11 is 0. The van der Waals surface area contributed by atoms with E-state index in [2.05, 4.69) is 211 Å². The normalized spacial score (nSPS) is 13.2. The summed E-state index contributed by atoms with van der Waals surface area (Å²) in [6, 6.07) is 80.4. The Labute approximate surface area is 365 Å². The van der Waals surface area contributed by atoms with Gasteiger partial charge in [-0.1, -0.05) is 176 Å². The molecule has 294 valence electrons. The lowest BCUT2D eigenvalue weighted by Gasteiger charge is -2.45. The molecule has 1 aliphatic heterocycles. The van der Waals surface area contributed by atoms with E-state index in [1.165, 1.54) is 33.4 Å². The third-order valence-corrected chi connectivity index (χ3v) is 13.1.